The fourth-order valence-corrected chi connectivity index (χ4v) is 2.31. The van der Waals surface area contributed by atoms with Crippen molar-refractivity contribution in [3.05, 3.63) is 42.0 Å². The first-order chi connectivity index (χ1) is 12.6. The number of benzene rings is 1. The molecule has 26 heavy (non-hydrogen) atoms. The second-order valence-electron chi connectivity index (χ2n) is 5.25. The number of guanidine groups is 1. The van der Waals surface area contributed by atoms with Crippen molar-refractivity contribution in [3.8, 4) is 11.5 Å². The van der Waals surface area contributed by atoms with E-state index in [1.54, 1.807) is 20.3 Å². The Kier molecular flexibility index (Phi) is 7.19. The Balaban J connectivity index is 2.08. The molecule has 0 unspecified atom stereocenters. The van der Waals surface area contributed by atoms with Gasteiger partial charge in [-0.15, -0.1) is 0 Å². The van der Waals surface area contributed by atoms with E-state index in [2.05, 4.69) is 20.6 Å². The second-order valence-corrected chi connectivity index (χ2v) is 5.25. The number of alkyl halides is 2. The van der Waals surface area contributed by atoms with Crippen LogP contribution in [0.2, 0.25) is 0 Å². The minimum absolute atomic E-state index is 0.128. The lowest BCUT2D eigenvalue weighted by molar-refractivity contribution is 0.0668. The molecular formula is C17H23F2N5O2. The van der Waals surface area contributed by atoms with Crippen molar-refractivity contribution in [2.24, 2.45) is 4.99 Å². The summed E-state index contributed by atoms with van der Waals surface area (Å²) in [6.07, 6.45) is 2.59. The van der Waals surface area contributed by atoms with Crippen LogP contribution in [0.5, 0.6) is 11.5 Å². The van der Waals surface area contributed by atoms with Crippen LogP contribution in [0.4, 0.5) is 8.78 Å². The molecule has 9 heteroatoms. The molecule has 0 bridgehead atoms. The molecule has 2 rings (SSSR count). The number of aromatic nitrogens is 2. The topological polar surface area (TPSA) is 72.7 Å². The summed E-state index contributed by atoms with van der Waals surface area (Å²) in [6, 6.07) is 5.48. The Morgan fingerprint density at radius 2 is 2.08 bits per heavy atom. The lowest BCUT2D eigenvalue weighted by Crippen LogP contribution is -2.37. The summed E-state index contributed by atoms with van der Waals surface area (Å²) in [4.78, 5) is 8.41. The Labute approximate surface area is 151 Å². The normalized spacial score (nSPS) is 11.5. The van der Waals surface area contributed by atoms with Gasteiger partial charge in [0.05, 0.1) is 27.3 Å². The third kappa shape index (κ3) is 5.08. The predicted molar refractivity (Wildman–Crippen MR) is 94.7 cm³/mol. The van der Waals surface area contributed by atoms with Crippen molar-refractivity contribution >= 4 is 5.96 Å². The molecule has 0 radical (unpaired) electrons. The first-order valence-corrected chi connectivity index (χ1v) is 8.12. The molecule has 0 fully saturated rings. The number of hydrogen-bond acceptors (Lipinski definition) is 4. The van der Waals surface area contributed by atoms with Gasteiger partial charge in [0.1, 0.15) is 17.3 Å². The van der Waals surface area contributed by atoms with Crippen molar-refractivity contribution in [1.82, 2.24) is 20.2 Å². The second kappa shape index (κ2) is 9.59. The van der Waals surface area contributed by atoms with Crippen molar-refractivity contribution in [2.45, 2.75) is 26.6 Å². The molecule has 0 aliphatic rings. The van der Waals surface area contributed by atoms with E-state index in [-0.39, 0.29) is 12.4 Å². The van der Waals surface area contributed by atoms with Gasteiger partial charge in [0, 0.05) is 30.6 Å². The van der Waals surface area contributed by atoms with Crippen LogP contribution in [-0.4, -0.2) is 36.3 Å². The molecule has 1 heterocycles. The molecule has 0 atom stereocenters. The predicted octanol–water partition coefficient (Wildman–Crippen LogP) is 2.55. The minimum atomic E-state index is -2.63. The average Bonchev–Trinajstić information content (AvgIpc) is 3.12. The average molecular weight is 367 g/mol. The van der Waals surface area contributed by atoms with Gasteiger partial charge in [0.25, 0.3) is 0 Å². The molecule has 2 N–H and O–H groups in total. The summed E-state index contributed by atoms with van der Waals surface area (Å²) in [5.41, 5.74) is 0.875. The van der Waals surface area contributed by atoms with E-state index in [0.29, 0.717) is 30.5 Å². The van der Waals surface area contributed by atoms with Crippen LogP contribution in [0.15, 0.2) is 35.6 Å². The van der Waals surface area contributed by atoms with Crippen molar-refractivity contribution in [1.29, 1.82) is 0 Å². The molecular weight excluding hydrogens is 344 g/mol. The Morgan fingerprint density at radius 3 is 2.73 bits per heavy atom. The minimum Gasteiger partial charge on any atom is -0.497 e. The SMILES string of the molecule is CCNC(=NCc1ccc(OC)cc1OC)NCc1nccn1C(F)F. The molecule has 7 nitrogen and oxygen atoms in total. The maximum Gasteiger partial charge on any atom is 0.319 e. The maximum absolute atomic E-state index is 12.9. The van der Waals surface area contributed by atoms with Crippen molar-refractivity contribution < 1.29 is 18.3 Å². The van der Waals surface area contributed by atoms with Crippen molar-refractivity contribution in [3.63, 3.8) is 0 Å². The third-order valence-electron chi connectivity index (χ3n) is 3.62. The Hall–Kier alpha value is -2.84. The van der Waals surface area contributed by atoms with Crippen LogP contribution in [0, 0.1) is 0 Å². The van der Waals surface area contributed by atoms with E-state index < -0.39 is 6.55 Å². The smallest absolute Gasteiger partial charge is 0.319 e. The molecule has 142 valence electrons. The van der Waals surface area contributed by atoms with Crippen LogP contribution >= 0.6 is 0 Å². The largest absolute Gasteiger partial charge is 0.497 e. The highest BCUT2D eigenvalue weighted by Crippen LogP contribution is 2.25. The number of imidazole rings is 1. The number of aliphatic imine (C=N–C) groups is 1. The van der Waals surface area contributed by atoms with Crippen LogP contribution < -0.4 is 20.1 Å². The number of methoxy groups -OCH3 is 2. The van der Waals surface area contributed by atoms with E-state index in [0.717, 1.165) is 10.1 Å². The zero-order valence-electron chi connectivity index (χ0n) is 15.0. The van der Waals surface area contributed by atoms with E-state index in [1.165, 1.54) is 12.4 Å². The van der Waals surface area contributed by atoms with Gasteiger partial charge < -0.3 is 20.1 Å². The summed E-state index contributed by atoms with van der Waals surface area (Å²) >= 11 is 0. The van der Waals surface area contributed by atoms with Crippen LogP contribution in [0.3, 0.4) is 0 Å². The first-order valence-electron chi connectivity index (χ1n) is 8.12. The first kappa shape index (κ1) is 19.5. The highest BCUT2D eigenvalue weighted by atomic mass is 19.3. The number of halogens is 2. The van der Waals surface area contributed by atoms with Gasteiger partial charge in [-0.2, -0.15) is 8.78 Å². The zero-order valence-corrected chi connectivity index (χ0v) is 15.0. The van der Waals surface area contributed by atoms with Gasteiger partial charge in [-0.3, -0.25) is 4.57 Å². The lowest BCUT2D eigenvalue weighted by atomic mass is 10.2. The maximum atomic E-state index is 12.9. The number of nitrogens with one attached hydrogen (secondary N) is 2. The van der Waals surface area contributed by atoms with Gasteiger partial charge in [0.15, 0.2) is 5.96 Å². The van der Waals surface area contributed by atoms with Gasteiger partial charge in [-0.25, -0.2) is 9.98 Å². The highest BCUT2D eigenvalue weighted by Gasteiger charge is 2.11. The summed E-state index contributed by atoms with van der Waals surface area (Å²) in [5.74, 6) is 2.08. The number of ether oxygens (including phenoxy) is 2. The van der Waals surface area contributed by atoms with E-state index in [1.807, 2.05) is 19.1 Å². The quantitative estimate of drug-likeness (QED) is 0.554. The summed E-state index contributed by atoms with van der Waals surface area (Å²) in [6.45, 7) is 0.409. The molecule has 2 aromatic rings. The summed E-state index contributed by atoms with van der Waals surface area (Å²) < 4.78 is 37.1. The standard InChI is InChI=1S/C17H23F2N5O2/c1-4-20-17(23-11-15-21-7-8-24(15)16(18)19)22-10-12-5-6-13(25-2)9-14(12)26-3/h5-9,16H,4,10-11H2,1-3H3,(H2,20,22,23). The molecule has 0 aliphatic heterocycles. The van der Waals surface area contributed by atoms with Gasteiger partial charge >= 0.3 is 6.55 Å². The Bertz CT molecular complexity index is 734. The number of rotatable bonds is 8. The van der Waals surface area contributed by atoms with Crippen LogP contribution in [0.1, 0.15) is 24.9 Å². The van der Waals surface area contributed by atoms with E-state index in [9.17, 15) is 8.78 Å². The van der Waals surface area contributed by atoms with E-state index in [4.69, 9.17) is 9.47 Å². The molecule has 1 aromatic carbocycles. The van der Waals surface area contributed by atoms with Crippen molar-refractivity contribution in [2.75, 3.05) is 20.8 Å². The summed E-state index contributed by atoms with van der Waals surface area (Å²) in [5, 5.41) is 6.08. The molecule has 0 saturated heterocycles. The number of nitrogens with zero attached hydrogens (tertiary/aromatic N) is 3. The fraction of sp³-hybridized carbons (Fsp3) is 0.412. The highest BCUT2D eigenvalue weighted by molar-refractivity contribution is 5.79. The molecule has 0 amide bonds. The monoisotopic (exact) mass is 367 g/mol. The summed E-state index contributed by atoms with van der Waals surface area (Å²) in [7, 11) is 3.17. The molecule has 0 spiro atoms. The fourth-order valence-electron chi connectivity index (χ4n) is 2.31. The van der Waals surface area contributed by atoms with Crippen LogP contribution in [0.25, 0.3) is 0 Å². The Morgan fingerprint density at radius 1 is 1.27 bits per heavy atom. The number of hydrogen-bond donors (Lipinski definition) is 2. The van der Waals surface area contributed by atoms with Gasteiger partial charge in [-0.1, -0.05) is 0 Å². The third-order valence-corrected chi connectivity index (χ3v) is 3.62. The zero-order chi connectivity index (χ0) is 18.9. The van der Waals surface area contributed by atoms with Crippen LogP contribution in [-0.2, 0) is 13.1 Å². The lowest BCUT2D eigenvalue weighted by Gasteiger charge is -2.13. The van der Waals surface area contributed by atoms with Gasteiger partial charge in [-0.05, 0) is 19.1 Å². The molecule has 1 aromatic heterocycles. The molecule has 0 aliphatic carbocycles. The molecule has 0 saturated carbocycles. The van der Waals surface area contributed by atoms with Gasteiger partial charge in [0.2, 0.25) is 0 Å². The van der Waals surface area contributed by atoms with E-state index >= 15 is 0 Å².